The van der Waals surface area contributed by atoms with Gasteiger partial charge in [0.25, 0.3) is 0 Å². The summed E-state index contributed by atoms with van der Waals surface area (Å²) >= 11 is 0. The fraction of sp³-hybridized carbons (Fsp3) is 0.857. The lowest BCUT2D eigenvalue weighted by molar-refractivity contribution is 0.0797. The Morgan fingerprint density at radius 2 is 2.26 bits per heavy atom. The molecule has 0 bridgehead atoms. The normalized spacial score (nSPS) is 26.5. The van der Waals surface area contributed by atoms with E-state index in [1.807, 2.05) is 11.7 Å². The molecule has 1 aliphatic heterocycles. The molecule has 0 radical (unpaired) electrons. The molecule has 0 spiro atoms. The van der Waals surface area contributed by atoms with Crippen molar-refractivity contribution in [2.75, 3.05) is 13.1 Å². The highest BCUT2D eigenvalue weighted by Crippen LogP contribution is 2.20. The molecular weight excluding hydrogens is 238 g/mol. The van der Waals surface area contributed by atoms with Crippen LogP contribution in [0.1, 0.15) is 39.4 Å². The van der Waals surface area contributed by atoms with Crippen LogP contribution >= 0.6 is 0 Å². The van der Waals surface area contributed by atoms with Gasteiger partial charge in [-0.25, -0.2) is 4.98 Å². The minimum Gasteiger partial charge on any atom is -0.311 e. The number of aryl methyl sites for hydroxylation is 1. The van der Waals surface area contributed by atoms with Crippen molar-refractivity contribution in [3.8, 4) is 0 Å². The number of rotatable bonds is 5. The topological polar surface area (TPSA) is 46.0 Å². The predicted octanol–water partition coefficient (Wildman–Crippen LogP) is 1.41. The van der Waals surface area contributed by atoms with Crippen LogP contribution in [0.4, 0.5) is 0 Å². The zero-order valence-corrected chi connectivity index (χ0v) is 12.6. The number of piperazine rings is 1. The third-order valence-corrected chi connectivity index (χ3v) is 4.48. The molecule has 1 aliphatic rings. The minimum atomic E-state index is 0.601. The lowest BCUT2D eigenvalue weighted by Crippen LogP contribution is -2.58. The number of aromatic nitrogens is 3. The highest BCUT2D eigenvalue weighted by molar-refractivity contribution is 4.92. The van der Waals surface area contributed by atoms with Gasteiger partial charge in [0.05, 0.1) is 6.54 Å². The molecule has 3 atom stereocenters. The molecule has 2 rings (SSSR count). The molecule has 0 aromatic carbocycles. The van der Waals surface area contributed by atoms with E-state index in [4.69, 9.17) is 0 Å². The maximum absolute atomic E-state index is 4.37. The molecule has 0 aliphatic carbocycles. The highest BCUT2D eigenvalue weighted by atomic mass is 15.3. The molecule has 0 amide bonds. The minimum absolute atomic E-state index is 0.601. The van der Waals surface area contributed by atoms with Gasteiger partial charge in [0.1, 0.15) is 12.2 Å². The van der Waals surface area contributed by atoms with E-state index in [9.17, 15) is 0 Å². The van der Waals surface area contributed by atoms with Gasteiger partial charge in [-0.05, 0) is 12.3 Å². The number of nitrogens with one attached hydrogen (secondary N) is 1. The first-order chi connectivity index (χ1) is 9.15. The standard InChI is InChI=1S/C14H27N5/c1-5-11(3)13-7-15-12(6-2)8-19(13)9-14-16-10-17-18(14)4/h10-13,15H,5-9H2,1-4H3. The molecule has 2 heterocycles. The van der Waals surface area contributed by atoms with Crippen LogP contribution in [0.3, 0.4) is 0 Å². The molecule has 5 heteroatoms. The summed E-state index contributed by atoms with van der Waals surface area (Å²) in [7, 11) is 1.97. The van der Waals surface area contributed by atoms with Crippen molar-refractivity contribution < 1.29 is 0 Å². The van der Waals surface area contributed by atoms with Crippen LogP contribution in [0.15, 0.2) is 6.33 Å². The van der Waals surface area contributed by atoms with Crippen LogP contribution in [-0.2, 0) is 13.6 Å². The van der Waals surface area contributed by atoms with E-state index in [0.29, 0.717) is 18.0 Å². The fourth-order valence-corrected chi connectivity index (χ4v) is 2.83. The molecule has 0 saturated carbocycles. The summed E-state index contributed by atoms with van der Waals surface area (Å²) in [6, 6.07) is 1.21. The van der Waals surface area contributed by atoms with Crippen molar-refractivity contribution in [3.05, 3.63) is 12.2 Å². The van der Waals surface area contributed by atoms with E-state index in [1.165, 1.54) is 12.8 Å². The first-order valence-corrected chi connectivity index (χ1v) is 7.46. The van der Waals surface area contributed by atoms with Gasteiger partial charge < -0.3 is 5.32 Å². The zero-order chi connectivity index (χ0) is 13.8. The summed E-state index contributed by atoms with van der Waals surface area (Å²) in [6.07, 6.45) is 4.05. The Morgan fingerprint density at radius 1 is 1.47 bits per heavy atom. The molecule has 1 N–H and O–H groups in total. The Bertz CT molecular complexity index is 389. The molecule has 1 aromatic rings. The monoisotopic (exact) mass is 265 g/mol. The van der Waals surface area contributed by atoms with E-state index < -0.39 is 0 Å². The van der Waals surface area contributed by atoms with Gasteiger partial charge in [-0.3, -0.25) is 9.58 Å². The first-order valence-electron chi connectivity index (χ1n) is 7.46. The fourth-order valence-electron chi connectivity index (χ4n) is 2.83. The number of hydrogen-bond donors (Lipinski definition) is 1. The Balaban J connectivity index is 2.08. The Labute approximate surface area is 116 Å². The molecule has 5 nitrogen and oxygen atoms in total. The van der Waals surface area contributed by atoms with Crippen LogP contribution < -0.4 is 5.32 Å². The second-order valence-corrected chi connectivity index (χ2v) is 5.70. The van der Waals surface area contributed by atoms with Gasteiger partial charge in [-0.2, -0.15) is 5.10 Å². The van der Waals surface area contributed by atoms with Crippen molar-refractivity contribution >= 4 is 0 Å². The molecular formula is C14H27N5. The van der Waals surface area contributed by atoms with E-state index in [0.717, 1.165) is 25.5 Å². The van der Waals surface area contributed by atoms with Crippen LogP contribution in [0.25, 0.3) is 0 Å². The second kappa shape index (κ2) is 6.48. The lowest BCUT2D eigenvalue weighted by atomic mass is 9.94. The Hall–Kier alpha value is -0.940. The molecule has 1 saturated heterocycles. The van der Waals surface area contributed by atoms with E-state index >= 15 is 0 Å². The molecule has 108 valence electrons. The van der Waals surface area contributed by atoms with E-state index in [2.05, 4.69) is 41.1 Å². The number of hydrogen-bond acceptors (Lipinski definition) is 4. The van der Waals surface area contributed by atoms with E-state index in [1.54, 1.807) is 6.33 Å². The smallest absolute Gasteiger partial charge is 0.140 e. The average Bonchev–Trinajstić information content (AvgIpc) is 2.83. The molecule has 3 unspecified atom stereocenters. The van der Waals surface area contributed by atoms with Gasteiger partial charge in [0.15, 0.2) is 0 Å². The van der Waals surface area contributed by atoms with Crippen LogP contribution in [0, 0.1) is 5.92 Å². The lowest BCUT2D eigenvalue weighted by Gasteiger charge is -2.42. The largest absolute Gasteiger partial charge is 0.311 e. The summed E-state index contributed by atoms with van der Waals surface area (Å²) in [4.78, 5) is 6.96. The van der Waals surface area contributed by atoms with Gasteiger partial charge in [0.2, 0.25) is 0 Å². The summed E-state index contributed by atoms with van der Waals surface area (Å²) in [5.74, 6) is 1.77. The van der Waals surface area contributed by atoms with Gasteiger partial charge in [-0.15, -0.1) is 0 Å². The molecule has 19 heavy (non-hydrogen) atoms. The van der Waals surface area contributed by atoms with Crippen LogP contribution in [-0.4, -0.2) is 44.8 Å². The summed E-state index contributed by atoms with van der Waals surface area (Å²) < 4.78 is 1.89. The van der Waals surface area contributed by atoms with Gasteiger partial charge in [-0.1, -0.05) is 27.2 Å². The third kappa shape index (κ3) is 3.34. The third-order valence-electron chi connectivity index (χ3n) is 4.48. The van der Waals surface area contributed by atoms with Crippen LogP contribution in [0.5, 0.6) is 0 Å². The summed E-state index contributed by atoms with van der Waals surface area (Å²) in [5.41, 5.74) is 0. The quantitative estimate of drug-likeness (QED) is 0.874. The van der Waals surface area contributed by atoms with Crippen molar-refractivity contribution in [1.82, 2.24) is 25.0 Å². The Morgan fingerprint density at radius 3 is 2.84 bits per heavy atom. The van der Waals surface area contributed by atoms with Crippen molar-refractivity contribution in [3.63, 3.8) is 0 Å². The average molecular weight is 265 g/mol. The Kier molecular flexibility index (Phi) is 4.93. The predicted molar refractivity (Wildman–Crippen MR) is 76.7 cm³/mol. The maximum Gasteiger partial charge on any atom is 0.140 e. The van der Waals surface area contributed by atoms with Gasteiger partial charge >= 0.3 is 0 Å². The summed E-state index contributed by atoms with van der Waals surface area (Å²) in [5, 5.41) is 7.85. The van der Waals surface area contributed by atoms with Crippen molar-refractivity contribution in [1.29, 1.82) is 0 Å². The van der Waals surface area contributed by atoms with E-state index in [-0.39, 0.29) is 0 Å². The zero-order valence-electron chi connectivity index (χ0n) is 12.6. The second-order valence-electron chi connectivity index (χ2n) is 5.70. The highest BCUT2D eigenvalue weighted by Gasteiger charge is 2.30. The van der Waals surface area contributed by atoms with Crippen LogP contribution in [0.2, 0.25) is 0 Å². The van der Waals surface area contributed by atoms with Crippen molar-refractivity contribution in [2.45, 2.75) is 52.2 Å². The van der Waals surface area contributed by atoms with Crippen molar-refractivity contribution in [2.24, 2.45) is 13.0 Å². The van der Waals surface area contributed by atoms with Gasteiger partial charge in [0, 0.05) is 32.2 Å². The molecule has 1 aromatic heterocycles. The summed E-state index contributed by atoms with van der Waals surface area (Å²) in [6.45, 7) is 9.98. The first kappa shape index (κ1) is 14.5. The maximum atomic E-state index is 4.37. The SMILES string of the molecule is CCC1CN(Cc2ncnn2C)C(C(C)CC)CN1. The number of nitrogens with zero attached hydrogens (tertiary/aromatic N) is 4. The molecule has 1 fully saturated rings.